The van der Waals surface area contributed by atoms with Crippen molar-refractivity contribution in [3.63, 3.8) is 0 Å². The molecule has 18 heavy (non-hydrogen) atoms. The van der Waals surface area contributed by atoms with Crippen molar-refractivity contribution in [1.29, 1.82) is 0 Å². The summed E-state index contributed by atoms with van der Waals surface area (Å²) >= 11 is 0. The summed E-state index contributed by atoms with van der Waals surface area (Å²) < 4.78 is 0. The Morgan fingerprint density at radius 3 is 2.67 bits per heavy atom. The minimum Gasteiger partial charge on any atom is -0.481 e. The number of nitrogens with one attached hydrogen (secondary N) is 1. The molecule has 1 rings (SSSR count). The van der Waals surface area contributed by atoms with Gasteiger partial charge in [0.1, 0.15) is 0 Å². The van der Waals surface area contributed by atoms with Crippen LogP contribution in [0.1, 0.15) is 45.4 Å². The van der Waals surface area contributed by atoms with E-state index in [-0.39, 0.29) is 17.7 Å². The van der Waals surface area contributed by atoms with Crippen LogP contribution in [0.5, 0.6) is 0 Å². The molecule has 5 heteroatoms. The summed E-state index contributed by atoms with van der Waals surface area (Å²) in [7, 11) is 0. The Hall–Kier alpha value is -1.10. The second-order valence-electron chi connectivity index (χ2n) is 5.13. The van der Waals surface area contributed by atoms with Crippen LogP contribution in [0, 0.1) is 11.8 Å². The van der Waals surface area contributed by atoms with Crippen LogP contribution in [0.4, 0.5) is 0 Å². The number of carboxylic acid groups (broad SMARTS) is 1. The molecule has 0 spiro atoms. The molecule has 1 aliphatic carbocycles. The molecule has 4 N–H and O–H groups in total. The van der Waals surface area contributed by atoms with Gasteiger partial charge in [-0.25, -0.2) is 0 Å². The van der Waals surface area contributed by atoms with E-state index in [1.807, 2.05) is 6.92 Å². The van der Waals surface area contributed by atoms with Crippen LogP contribution < -0.4 is 11.1 Å². The lowest BCUT2D eigenvalue weighted by atomic mass is 9.79. The number of amides is 1. The lowest BCUT2D eigenvalue weighted by Crippen LogP contribution is -2.44. The van der Waals surface area contributed by atoms with Crippen molar-refractivity contribution in [3.05, 3.63) is 0 Å². The average molecular weight is 256 g/mol. The van der Waals surface area contributed by atoms with E-state index in [0.717, 1.165) is 32.1 Å². The number of carbonyl (C=O) groups excluding carboxylic acids is 1. The summed E-state index contributed by atoms with van der Waals surface area (Å²) in [5, 5.41) is 11.9. The first-order chi connectivity index (χ1) is 8.56. The summed E-state index contributed by atoms with van der Waals surface area (Å²) in [4.78, 5) is 22.8. The highest BCUT2D eigenvalue weighted by Gasteiger charge is 2.31. The van der Waals surface area contributed by atoms with Crippen LogP contribution in [0.2, 0.25) is 0 Å². The van der Waals surface area contributed by atoms with E-state index >= 15 is 0 Å². The first-order valence-electron chi connectivity index (χ1n) is 6.82. The van der Waals surface area contributed by atoms with Gasteiger partial charge in [0.05, 0.1) is 12.0 Å². The van der Waals surface area contributed by atoms with Gasteiger partial charge in [-0.1, -0.05) is 26.2 Å². The Morgan fingerprint density at radius 1 is 1.39 bits per heavy atom. The number of aliphatic carboxylic acids is 1. The quantitative estimate of drug-likeness (QED) is 0.664. The Kier molecular flexibility index (Phi) is 6.12. The molecule has 5 nitrogen and oxygen atoms in total. The zero-order valence-corrected chi connectivity index (χ0v) is 11.0. The van der Waals surface area contributed by atoms with Gasteiger partial charge in [-0.3, -0.25) is 9.59 Å². The van der Waals surface area contributed by atoms with Gasteiger partial charge in [0, 0.05) is 6.54 Å². The summed E-state index contributed by atoms with van der Waals surface area (Å²) in [5.74, 6) is -1.17. The van der Waals surface area contributed by atoms with E-state index in [1.54, 1.807) is 0 Å². The second-order valence-corrected chi connectivity index (χ2v) is 5.13. The molecular weight excluding hydrogens is 232 g/mol. The third kappa shape index (κ3) is 4.29. The number of hydrogen-bond donors (Lipinski definition) is 3. The van der Waals surface area contributed by atoms with Crippen molar-refractivity contribution in [2.75, 3.05) is 6.54 Å². The first-order valence-corrected chi connectivity index (χ1v) is 6.82. The van der Waals surface area contributed by atoms with Crippen molar-refractivity contribution < 1.29 is 14.7 Å². The lowest BCUT2D eigenvalue weighted by Gasteiger charge is -2.28. The van der Waals surface area contributed by atoms with Crippen molar-refractivity contribution in [1.82, 2.24) is 5.32 Å². The molecule has 3 atom stereocenters. The van der Waals surface area contributed by atoms with E-state index < -0.39 is 12.0 Å². The Morgan fingerprint density at radius 2 is 2.06 bits per heavy atom. The molecular formula is C13H24N2O3. The van der Waals surface area contributed by atoms with E-state index in [4.69, 9.17) is 10.8 Å². The van der Waals surface area contributed by atoms with Crippen LogP contribution in [0.3, 0.4) is 0 Å². The van der Waals surface area contributed by atoms with Crippen LogP contribution in [0.25, 0.3) is 0 Å². The van der Waals surface area contributed by atoms with Crippen LogP contribution in [-0.2, 0) is 9.59 Å². The molecule has 0 aromatic rings. The third-order valence-electron chi connectivity index (χ3n) is 3.70. The van der Waals surface area contributed by atoms with Crippen molar-refractivity contribution in [3.8, 4) is 0 Å². The van der Waals surface area contributed by atoms with E-state index in [2.05, 4.69) is 5.32 Å². The molecule has 1 saturated carbocycles. The molecule has 104 valence electrons. The summed E-state index contributed by atoms with van der Waals surface area (Å²) in [5.41, 5.74) is 5.71. The second kappa shape index (κ2) is 7.36. The maximum absolute atomic E-state index is 11.7. The molecule has 0 aromatic heterocycles. The zero-order chi connectivity index (χ0) is 13.5. The normalized spacial score (nSPS) is 25.4. The fourth-order valence-corrected chi connectivity index (χ4v) is 2.58. The minimum atomic E-state index is -0.744. The highest BCUT2D eigenvalue weighted by Crippen LogP contribution is 2.29. The Balaban J connectivity index is 2.40. The largest absolute Gasteiger partial charge is 0.481 e. The van der Waals surface area contributed by atoms with Gasteiger partial charge in [0.2, 0.25) is 5.91 Å². The molecule has 1 amide bonds. The number of carboxylic acids is 1. The molecule has 0 heterocycles. The first kappa shape index (κ1) is 15.0. The maximum atomic E-state index is 11.7. The molecule has 1 fully saturated rings. The molecule has 0 aromatic carbocycles. The molecule has 0 saturated heterocycles. The van der Waals surface area contributed by atoms with Gasteiger partial charge in [0.25, 0.3) is 0 Å². The summed E-state index contributed by atoms with van der Waals surface area (Å²) in [6.07, 6.45) is 5.15. The molecule has 1 aliphatic rings. The van der Waals surface area contributed by atoms with Gasteiger partial charge in [-0.15, -0.1) is 0 Å². The monoisotopic (exact) mass is 256 g/mol. The average Bonchev–Trinajstić information content (AvgIpc) is 2.36. The van der Waals surface area contributed by atoms with Crippen LogP contribution in [0.15, 0.2) is 0 Å². The number of rotatable bonds is 6. The van der Waals surface area contributed by atoms with E-state index in [1.165, 1.54) is 0 Å². The number of hydrogen-bond acceptors (Lipinski definition) is 3. The minimum absolute atomic E-state index is 0.0500. The smallest absolute Gasteiger partial charge is 0.306 e. The fourth-order valence-electron chi connectivity index (χ4n) is 2.58. The van der Waals surface area contributed by atoms with Gasteiger partial charge >= 0.3 is 5.97 Å². The molecule has 0 radical (unpaired) electrons. The van der Waals surface area contributed by atoms with Gasteiger partial charge in [-0.05, 0) is 25.2 Å². The van der Waals surface area contributed by atoms with Crippen molar-refractivity contribution >= 4 is 11.9 Å². The predicted molar refractivity (Wildman–Crippen MR) is 69.0 cm³/mol. The molecule has 0 bridgehead atoms. The number of carbonyl (C=O) groups is 2. The number of nitrogens with two attached hydrogens (primary N) is 1. The Bertz CT molecular complexity index is 294. The van der Waals surface area contributed by atoms with E-state index in [9.17, 15) is 9.59 Å². The summed E-state index contributed by atoms with van der Waals surface area (Å²) in [6, 6.07) is -0.470. The zero-order valence-electron chi connectivity index (χ0n) is 11.0. The molecule has 0 aliphatic heterocycles. The highest BCUT2D eigenvalue weighted by atomic mass is 16.4. The SMILES string of the molecule is CCCC(N)C(=O)NCC1CCCCC1C(=O)O. The molecule has 3 unspecified atom stereocenters. The maximum Gasteiger partial charge on any atom is 0.306 e. The van der Waals surface area contributed by atoms with Crippen LogP contribution >= 0.6 is 0 Å². The van der Waals surface area contributed by atoms with Crippen LogP contribution in [-0.4, -0.2) is 29.6 Å². The fraction of sp³-hybridized carbons (Fsp3) is 0.846. The topological polar surface area (TPSA) is 92.4 Å². The highest BCUT2D eigenvalue weighted by molar-refractivity contribution is 5.81. The Labute approximate surface area is 108 Å². The van der Waals surface area contributed by atoms with E-state index in [0.29, 0.717) is 13.0 Å². The van der Waals surface area contributed by atoms with Crippen molar-refractivity contribution in [2.45, 2.75) is 51.5 Å². The third-order valence-corrected chi connectivity index (χ3v) is 3.70. The standard InChI is InChI=1S/C13H24N2O3/c1-2-5-11(14)12(16)15-8-9-6-3-4-7-10(9)13(17)18/h9-11H,2-8,14H2,1H3,(H,15,16)(H,17,18). The lowest BCUT2D eigenvalue weighted by molar-refractivity contribution is -0.145. The summed E-state index contributed by atoms with van der Waals surface area (Å²) in [6.45, 7) is 2.42. The van der Waals surface area contributed by atoms with Gasteiger partial charge in [0.15, 0.2) is 0 Å². The predicted octanol–water partition coefficient (Wildman–Crippen LogP) is 1.12. The van der Waals surface area contributed by atoms with Gasteiger partial charge in [-0.2, -0.15) is 0 Å². The van der Waals surface area contributed by atoms with Gasteiger partial charge < -0.3 is 16.2 Å². The van der Waals surface area contributed by atoms with Crippen molar-refractivity contribution in [2.24, 2.45) is 17.6 Å².